The van der Waals surface area contributed by atoms with Crippen LogP contribution in [0, 0.1) is 0 Å². The Labute approximate surface area is 110 Å². The summed E-state index contributed by atoms with van der Waals surface area (Å²) in [5.74, 6) is -0.178. The number of thiazole rings is 1. The molecule has 0 saturated heterocycles. The van der Waals surface area contributed by atoms with Crippen molar-refractivity contribution in [1.82, 2.24) is 4.98 Å². The van der Waals surface area contributed by atoms with Gasteiger partial charge >= 0.3 is 5.97 Å². The van der Waals surface area contributed by atoms with Crippen molar-refractivity contribution in [2.75, 3.05) is 5.75 Å². The van der Waals surface area contributed by atoms with Crippen LogP contribution in [0.4, 0.5) is 0 Å². The number of aromatic nitrogens is 1. The molecule has 0 radical (unpaired) electrons. The number of hydrogen-bond acceptors (Lipinski definition) is 6. The molecule has 1 aromatic carbocycles. The molecule has 0 fully saturated rings. The molecule has 0 spiro atoms. The van der Waals surface area contributed by atoms with E-state index in [2.05, 4.69) is 9.98 Å². The average molecular weight is 280 g/mol. The van der Waals surface area contributed by atoms with Gasteiger partial charge in [0.15, 0.2) is 5.04 Å². The Kier molecular flexibility index (Phi) is 2.71. The minimum absolute atomic E-state index is 0.141. The highest BCUT2D eigenvalue weighted by Gasteiger charge is 2.26. The molecule has 0 aliphatic carbocycles. The summed E-state index contributed by atoms with van der Waals surface area (Å²) in [5.41, 5.74) is 0.803. The van der Waals surface area contributed by atoms with E-state index in [4.69, 9.17) is 5.11 Å². The second-order valence-corrected chi connectivity index (χ2v) is 5.84. The average Bonchev–Trinajstić information content (AvgIpc) is 2.93. The lowest BCUT2D eigenvalue weighted by Crippen LogP contribution is -2.05. The molecule has 2 heterocycles. The van der Waals surface area contributed by atoms with Crippen molar-refractivity contribution < 1.29 is 15.0 Å². The lowest BCUT2D eigenvalue weighted by atomic mass is 10.3. The molecule has 1 aliphatic heterocycles. The van der Waals surface area contributed by atoms with Gasteiger partial charge in [-0.3, -0.25) is 4.99 Å². The molecule has 7 heteroatoms. The van der Waals surface area contributed by atoms with Crippen LogP contribution in [-0.2, 0) is 4.79 Å². The molecule has 1 aliphatic rings. The molecule has 1 aromatic heterocycles. The van der Waals surface area contributed by atoms with Gasteiger partial charge in [-0.2, -0.15) is 0 Å². The molecule has 0 bridgehead atoms. The van der Waals surface area contributed by atoms with Crippen LogP contribution < -0.4 is 0 Å². The summed E-state index contributed by atoms with van der Waals surface area (Å²) in [4.78, 5) is 19.4. The Bertz CT molecular complexity index is 665. The predicted molar refractivity (Wildman–Crippen MR) is 71.6 cm³/mol. The molecule has 0 saturated carbocycles. The number of aliphatic imine (C=N–C) groups is 1. The molecule has 0 amide bonds. The fourth-order valence-corrected chi connectivity index (χ4v) is 3.71. The summed E-state index contributed by atoms with van der Waals surface area (Å²) in [5, 5.41) is 19.2. The van der Waals surface area contributed by atoms with Crippen LogP contribution in [0.1, 0.15) is 11.0 Å². The third-order valence-corrected chi connectivity index (χ3v) is 4.66. The summed E-state index contributed by atoms with van der Waals surface area (Å²) in [6.07, 6.45) is 0. The Morgan fingerprint density at radius 3 is 3.00 bits per heavy atom. The minimum Gasteiger partial charge on any atom is -0.508 e. The smallest absolute Gasteiger partial charge is 0.360 e. The van der Waals surface area contributed by atoms with Crippen molar-refractivity contribution in [2.24, 2.45) is 4.99 Å². The van der Waals surface area contributed by atoms with E-state index in [-0.39, 0.29) is 16.8 Å². The Balaban J connectivity index is 1.98. The number of rotatable bonds is 2. The van der Waals surface area contributed by atoms with Gasteiger partial charge in [0.1, 0.15) is 16.8 Å². The van der Waals surface area contributed by atoms with E-state index in [1.165, 1.54) is 23.1 Å². The van der Waals surface area contributed by atoms with Gasteiger partial charge in [0.25, 0.3) is 0 Å². The van der Waals surface area contributed by atoms with Gasteiger partial charge < -0.3 is 10.2 Å². The predicted octanol–water partition coefficient (Wildman–Crippen LogP) is 2.27. The quantitative estimate of drug-likeness (QED) is 0.881. The maximum Gasteiger partial charge on any atom is 0.360 e. The SMILES string of the molecule is O=C(O)C1=N[C@H](c2nc3ccc(O)cc3s2)CS1. The van der Waals surface area contributed by atoms with Gasteiger partial charge in [-0.1, -0.05) is 11.8 Å². The first-order valence-corrected chi connectivity index (χ1v) is 6.97. The van der Waals surface area contributed by atoms with Crippen LogP contribution in [-0.4, -0.2) is 32.0 Å². The highest BCUT2D eigenvalue weighted by Crippen LogP contribution is 2.35. The zero-order valence-corrected chi connectivity index (χ0v) is 10.7. The van der Waals surface area contributed by atoms with E-state index < -0.39 is 5.97 Å². The zero-order valence-electron chi connectivity index (χ0n) is 9.03. The lowest BCUT2D eigenvalue weighted by Gasteiger charge is -1.97. The molecule has 0 unspecified atom stereocenters. The molecule has 3 rings (SSSR count). The minimum atomic E-state index is -0.985. The number of carbonyl (C=O) groups is 1. The summed E-state index contributed by atoms with van der Waals surface area (Å²) in [7, 11) is 0. The van der Waals surface area contributed by atoms with Gasteiger partial charge in [0, 0.05) is 5.75 Å². The van der Waals surface area contributed by atoms with Crippen molar-refractivity contribution in [1.29, 1.82) is 0 Å². The number of hydrogen-bond donors (Lipinski definition) is 2. The Morgan fingerprint density at radius 2 is 2.28 bits per heavy atom. The number of aromatic hydroxyl groups is 1. The second-order valence-electron chi connectivity index (χ2n) is 3.77. The first-order valence-electron chi connectivity index (χ1n) is 5.17. The number of phenolic OH excluding ortho intramolecular Hbond substituents is 1. The van der Waals surface area contributed by atoms with Gasteiger partial charge in [-0.15, -0.1) is 11.3 Å². The summed E-state index contributed by atoms with van der Waals surface area (Å²) in [6, 6.07) is 4.79. The first kappa shape index (κ1) is 11.5. The maximum atomic E-state index is 10.8. The molecule has 92 valence electrons. The summed E-state index contributed by atoms with van der Waals surface area (Å²) in [6.45, 7) is 0. The van der Waals surface area contributed by atoms with E-state index in [1.807, 2.05) is 0 Å². The number of fused-ring (bicyclic) bond motifs is 1. The van der Waals surface area contributed by atoms with Crippen molar-refractivity contribution in [3.8, 4) is 5.75 Å². The fraction of sp³-hybridized carbons (Fsp3) is 0.182. The normalized spacial score (nSPS) is 19.1. The molecule has 5 nitrogen and oxygen atoms in total. The molecular weight excluding hydrogens is 272 g/mol. The van der Waals surface area contributed by atoms with E-state index in [1.54, 1.807) is 18.2 Å². The topological polar surface area (TPSA) is 82.8 Å². The molecule has 2 N–H and O–H groups in total. The molecular formula is C11H8N2O3S2. The number of aliphatic carboxylic acids is 1. The third-order valence-electron chi connectivity index (χ3n) is 2.51. The standard InChI is InChI=1S/C11H8N2O3S2/c14-5-1-2-6-8(3-5)18-9(12-6)7-4-17-10(13-7)11(15)16/h1-3,7,14H,4H2,(H,15,16)/t7-/m0/s1. The largest absolute Gasteiger partial charge is 0.508 e. The Morgan fingerprint density at radius 1 is 1.44 bits per heavy atom. The van der Waals surface area contributed by atoms with Crippen LogP contribution in [0.15, 0.2) is 23.2 Å². The van der Waals surface area contributed by atoms with Crippen LogP contribution >= 0.6 is 23.1 Å². The lowest BCUT2D eigenvalue weighted by molar-refractivity contribution is -0.129. The number of thioether (sulfide) groups is 1. The Hall–Kier alpha value is -1.60. The summed E-state index contributed by atoms with van der Waals surface area (Å²) < 4.78 is 0.883. The number of carboxylic acid groups (broad SMARTS) is 1. The van der Waals surface area contributed by atoms with Crippen LogP contribution in [0.5, 0.6) is 5.75 Å². The third kappa shape index (κ3) is 1.95. The van der Waals surface area contributed by atoms with Crippen molar-refractivity contribution in [3.05, 3.63) is 23.2 Å². The van der Waals surface area contributed by atoms with E-state index in [9.17, 15) is 9.90 Å². The van der Waals surface area contributed by atoms with Crippen LogP contribution in [0.25, 0.3) is 10.2 Å². The highest BCUT2D eigenvalue weighted by atomic mass is 32.2. The zero-order chi connectivity index (χ0) is 12.7. The molecule has 2 aromatic rings. The van der Waals surface area contributed by atoms with Gasteiger partial charge in [-0.25, -0.2) is 9.78 Å². The number of nitrogens with zero attached hydrogens (tertiary/aromatic N) is 2. The number of phenols is 1. The summed E-state index contributed by atoms with van der Waals surface area (Å²) >= 11 is 2.67. The van der Waals surface area contributed by atoms with Crippen molar-refractivity contribution in [3.63, 3.8) is 0 Å². The van der Waals surface area contributed by atoms with E-state index in [0.29, 0.717) is 5.75 Å². The van der Waals surface area contributed by atoms with E-state index >= 15 is 0 Å². The maximum absolute atomic E-state index is 10.8. The first-order chi connectivity index (χ1) is 8.63. The van der Waals surface area contributed by atoms with Crippen molar-refractivity contribution in [2.45, 2.75) is 6.04 Å². The van der Waals surface area contributed by atoms with E-state index in [0.717, 1.165) is 15.2 Å². The molecule has 1 atom stereocenters. The highest BCUT2D eigenvalue weighted by molar-refractivity contribution is 8.16. The van der Waals surface area contributed by atoms with Gasteiger partial charge in [0.2, 0.25) is 0 Å². The van der Waals surface area contributed by atoms with Crippen LogP contribution in [0.2, 0.25) is 0 Å². The van der Waals surface area contributed by atoms with Crippen LogP contribution in [0.3, 0.4) is 0 Å². The molecule has 18 heavy (non-hydrogen) atoms. The van der Waals surface area contributed by atoms with Crippen molar-refractivity contribution >= 4 is 44.3 Å². The monoisotopic (exact) mass is 280 g/mol. The van der Waals surface area contributed by atoms with Gasteiger partial charge in [-0.05, 0) is 18.2 Å². The number of carboxylic acids is 1. The van der Waals surface area contributed by atoms with Gasteiger partial charge in [0.05, 0.1) is 10.2 Å². The number of benzene rings is 1. The fourth-order valence-electron chi connectivity index (χ4n) is 1.69. The second kappa shape index (κ2) is 4.25.